The highest BCUT2D eigenvalue weighted by Gasteiger charge is 2.20. The van der Waals surface area contributed by atoms with Gasteiger partial charge in [-0.2, -0.15) is 5.10 Å². The quantitative estimate of drug-likeness (QED) is 0.742. The summed E-state index contributed by atoms with van der Waals surface area (Å²) in [5, 5.41) is 6.27. The molecule has 0 spiro atoms. The summed E-state index contributed by atoms with van der Waals surface area (Å²) in [6, 6.07) is 5.10. The molecule has 1 aromatic heterocycles. The molecule has 0 saturated carbocycles. The highest BCUT2D eigenvalue weighted by atomic mass is 32.2. The molecule has 2 aromatic rings. The van der Waals surface area contributed by atoms with Crippen LogP contribution in [0.5, 0.6) is 0 Å². The zero-order chi connectivity index (χ0) is 14.9. The zero-order valence-corrected chi connectivity index (χ0v) is 12.6. The molecule has 106 valence electrons. The van der Waals surface area contributed by atoms with Gasteiger partial charge in [0.1, 0.15) is 10.8 Å². The Morgan fingerprint density at radius 3 is 2.70 bits per heavy atom. The van der Waals surface area contributed by atoms with Crippen molar-refractivity contribution in [3.05, 3.63) is 41.1 Å². The molecular formula is C12H14N4O2S2. The Labute approximate surface area is 122 Å². The molecule has 20 heavy (non-hydrogen) atoms. The number of sulfonamides is 1. The molecule has 0 unspecified atom stereocenters. The van der Waals surface area contributed by atoms with Crippen LogP contribution in [0.1, 0.15) is 16.7 Å². The normalized spacial score (nSPS) is 11.3. The Kier molecular flexibility index (Phi) is 3.78. The van der Waals surface area contributed by atoms with Crippen molar-refractivity contribution in [3.8, 4) is 0 Å². The Hall–Kier alpha value is -1.93. The number of nitrogens with two attached hydrogens (primary N) is 1. The van der Waals surface area contributed by atoms with Crippen LogP contribution in [0.25, 0.3) is 0 Å². The summed E-state index contributed by atoms with van der Waals surface area (Å²) in [7, 11) is -3.72. The maximum atomic E-state index is 12.4. The fourth-order valence-corrected chi connectivity index (χ4v) is 3.26. The van der Waals surface area contributed by atoms with Crippen LogP contribution in [-0.4, -0.2) is 23.6 Å². The predicted molar refractivity (Wildman–Crippen MR) is 81.2 cm³/mol. The number of aromatic nitrogens is 2. The first-order chi connectivity index (χ1) is 9.31. The molecule has 0 aliphatic heterocycles. The molecule has 6 nitrogen and oxygen atoms in total. The van der Waals surface area contributed by atoms with Gasteiger partial charge < -0.3 is 5.73 Å². The summed E-state index contributed by atoms with van der Waals surface area (Å²) in [5.74, 6) is 0.164. The van der Waals surface area contributed by atoms with Gasteiger partial charge in [-0.25, -0.2) is 8.42 Å². The largest absolute Gasteiger partial charge is 0.389 e. The average Bonchev–Trinajstić information content (AvgIpc) is 2.75. The molecule has 8 heteroatoms. The molecule has 0 aliphatic carbocycles. The Bertz CT molecular complexity index is 766. The minimum atomic E-state index is -3.72. The van der Waals surface area contributed by atoms with Gasteiger partial charge in [0.2, 0.25) is 0 Å². The smallest absolute Gasteiger partial charge is 0.263 e. The van der Waals surface area contributed by atoms with E-state index >= 15 is 0 Å². The number of nitrogens with one attached hydrogen (secondary N) is 2. The number of aryl methyl sites for hydroxylation is 2. The number of thiocarbonyl (C=S) groups is 1. The van der Waals surface area contributed by atoms with E-state index in [9.17, 15) is 8.42 Å². The topological polar surface area (TPSA) is 101 Å². The zero-order valence-electron chi connectivity index (χ0n) is 11.0. The average molecular weight is 310 g/mol. The Balaban J connectivity index is 2.41. The summed E-state index contributed by atoms with van der Waals surface area (Å²) in [5.41, 5.74) is 7.51. The van der Waals surface area contributed by atoms with E-state index in [0.29, 0.717) is 11.1 Å². The first-order valence-electron chi connectivity index (χ1n) is 5.74. The minimum Gasteiger partial charge on any atom is -0.389 e. The third-order valence-corrected chi connectivity index (χ3v) is 4.49. The minimum absolute atomic E-state index is 0.0667. The maximum Gasteiger partial charge on any atom is 0.263 e. The second-order valence-corrected chi connectivity index (χ2v) is 6.49. The summed E-state index contributed by atoms with van der Waals surface area (Å²) in [4.78, 5) is 0.267. The van der Waals surface area contributed by atoms with Crippen LogP contribution < -0.4 is 10.5 Å². The van der Waals surface area contributed by atoms with E-state index in [1.807, 2.05) is 6.92 Å². The fourth-order valence-electron chi connectivity index (χ4n) is 1.84. The van der Waals surface area contributed by atoms with Crippen molar-refractivity contribution >= 4 is 33.0 Å². The van der Waals surface area contributed by atoms with Crippen LogP contribution in [0, 0.1) is 13.8 Å². The van der Waals surface area contributed by atoms with Gasteiger partial charge in [-0.05, 0) is 25.5 Å². The standard InChI is InChI=1S/C12H14N4O2S2/c1-7-3-4-10(8(2)5-7)20(17,18)16-12-9(11(13)19)6-14-15-12/h3-6H,1-2H3,(H2,13,19)(H2,14,15,16). The first-order valence-corrected chi connectivity index (χ1v) is 7.63. The lowest BCUT2D eigenvalue weighted by Crippen LogP contribution is -2.18. The third-order valence-electron chi connectivity index (χ3n) is 2.76. The molecule has 4 N–H and O–H groups in total. The van der Waals surface area contributed by atoms with Crippen molar-refractivity contribution in [2.75, 3.05) is 4.72 Å². The number of aromatic amines is 1. The van der Waals surface area contributed by atoms with Crippen LogP contribution in [0.2, 0.25) is 0 Å². The van der Waals surface area contributed by atoms with Crippen LogP contribution in [0.3, 0.4) is 0 Å². The van der Waals surface area contributed by atoms with Gasteiger partial charge in [-0.15, -0.1) is 0 Å². The van der Waals surface area contributed by atoms with Crippen LogP contribution in [-0.2, 0) is 10.0 Å². The highest BCUT2D eigenvalue weighted by molar-refractivity contribution is 7.92. The second-order valence-electron chi connectivity index (χ2n) is 4.40. The summed E-state index contributed by atoms with van der Waals surface area (Å²) in [6.07, 6.45) is 1.38. The van der Waals surface area contributed by atoms with Gasteiger partial charge in [-0.1, -0.05) is 29.9 Å². The third kappa shape index (κ3) is 2.81. The van der Waals surface area contributed by atoms with Gasteiger partial charge in [0.25, 0.3) is 10.0 Å². The second kappa shape index (κ2) is 5.22. The molecule has 0 radical (unpaired) electrons. The Morgan fingerprint density at radius 2 is 2.10 bits per heavy atom. The van der Waals surface area contributed by atoms with Gasteiger partial charge in [0, 0.05) is 0 Å². The van der Waals surface area contributed by atoms with Crippen molar-refractivity contribution in [2.45, 2.75) is 18.7 Å². The van der Waals surface area contributed by atoms with Gasteiger partial charge in [-0.3, -0.25) is 9.82 Å². The molecule has 0 bridgehead atoms. The van der Waals surface area contributed by atoms with Crippen molar-refractivity contribution in [1.29, 1.82) is 0 Å². The monoisotopic (exact) mass is 310 g/mol. The predicted octanol–water partition coefficient (Wildman–Crippen LogP) is 1.46. The lowest BCUT2D eigenvalue weighted by atomic mass is 10.2. The SMILES string of the molecule is Cc1ccc(S(=O)(=O)Nc2[nH]ncc2C(N)=S)c(C)c1. The summed E-state index contributed by atoms with van der Waals surface area (Å²) in [6.45, 7) is 3.64. The van der Waals surface area contributed by atoms with E-state index in [1.165, 1.54) is 6.20 Å². The number of anilines is 1. The van der Waals surface area contributed by atoms with E-state index < -0.39 is 10.0 Å². The number of nitrogens with zero attached hydrogens (tertiary/aromatic N) is 1. The molecule has 2 rings (SSSR count). The van der Waals surface area contributed by atoms with Gasteiger partial charge >= 0.3 is 0 Å². The number of benzene rings is 1. The molecule has 1 heterocycles. The number of rotatable bonds is 4. The van der Waals surface area contributed by atoms with E-state index in [2.05, 4.69) is 14.9 Å². The molecule has 0 saturated heterocycles. The van der Waals surface area contributed by atoms with Gasteiger partial charge in [0.15, 0.2) is 0 Å². The van der Waals surface area contributed by atoms with E-state index in [1.54, 1.807) is 25.1 Å². The molecular weight excluding hydrogens is 296 g/mol. The Morgan fingerprint density at radius 1 is 1.40 bits per heavy atom. The van der Waals surface area contributed by atoms with Crippen LogP contribution >= 0.6 is 12.2 Å². The van der Waals surface area contributed by atoms with E-state index in [4.69, 9.17) is 18.0 Å². The van der Waals surface area contributed by atoms with Crippen molar-refractivity contribution in [1.82, 2.24) is 10.2 Å². The molecule has 0 aliphatic rings. The molecule has 0 fully saturated rings. The van der Waals surface area contributed by atoms with Crippen molar-refractivity contribution in [2.24, 2.45) is 5.73 Å². The van der Waals surface area contributed by atoms with E-state index in [0.717, 1.165) is 5.56 Å². The molecule has 1 aromatic carbocycles. The summed E-state index contributed by atoms with van der Waals surface area (Å²) >= 11 is 4.83. The first kappa shape index (κ1) is 14.5. The van der Waals surface area contributed by atoms with Crippen LogP contribution in [0.4, 0.5) is 5.82 Å². The number of hydrogen-bond donors (Lipinski definition) is 3. The highest BCUT2D eigenvalue weighted by Crippen LogP contribution is 2.21. The number of hydrogen-bond acceptors (Lipinski definition) is 4. The molecule has 0 atom stereocenters. The van der Waals surface area contributed by atoms with Crippen molar-refractivity contribution < 1.29 is 8.42 Å². The van der Waals surface area contributed by atoms with Crippen LogP contribution in [0.15, 0.2) is 29.3 Å². The van der Waals surface area contributed by atoms with Gasteiger partial charge in [0.05, 0.1) is 16.7 Å². The lowest BCUT2D eigenvalue weighted by Gasteiger charge is -2.10. The number of H-pyrrole nitrogens is 1. The lowest BCUT2D eigenvalue weighted by molar-refractivity contribution is 0.600. The maximum absolute atomic E-state index is 12.4. The van der Waals surface area contributed by atoms with Crippen molar-refractivity contribution in [3.63, 3.8) is 0 Å². The fraction of sp³-hybridized carbons (Fsp3) is 0.167. The summed E-state index contributed by atoms with van der Waals surface area (Å²) < 4.78 is 27.1. The van der Waals surface area contributed by atoms with E-state index in [-0.39, 0.29) is 15.7 Å². The molecule has 0 amide bonds.